The minimum absolute atomic E-state index is 0.119. The molecule has 0 saturated carbocycles. The van der Waals surface area contributed by atoms with E-state index in [1.54, 1.807) is 6.92 Å². The fourth-order valence-electron chi connectivity index (χ4n) is 3.22. The van der Waals surface area contributed by atoms with Gasteiger partial charge in [-0.3, -0.25) is 9.79 Å². The van der Waals surface area contributed by atoms with Crippen molar-refractivity contribution in [1.29, 1.82) is 5.41 Å². The van der Waals surface area contributed by atoms with Gasteiger partial charge in [-0.1, -0.05) is 58.0 Å². The van der Waals surface area contributed by atoms with Crippen LogP contribution in [0.5, 0.6) is 0 Å². The Morgan fingerprint density at radius 1 is 1.20 bits per heavy atom. The van der Waals surface area contributed by atoms with Crippen LogP contribution in [0.1, 0.15) is 65.0 Å². The van der Waals surface area contributed by atoms with E-state index in [1.165, 1.54) is 24.6 Å². The number of benzene rings is 1. The van der Waals surface area contributed by atoms with E-state index in [1.807, 2.05) is 6.92 Å². The van der Waals surface area contributed by atoms with Crippen molar-refractivity contribution in [2.75, 3.05) is 6.54 Å². The summed E-state index contributed by atoms with van der Waals surface area (Å²) < 4.78 is 0. The molecular formula is C25H40N4O. The van der Waals surface area contributed by atoms with Gasteiger partial charge in [0.2, 0.25) is 5.91 Å². The molecule has 0 heterocycles. The Balaban J connectivity index is 2.55. The Bertz CT molecular complexity index is 706. The molecule has 1 aromatic carbocycles. The zero-order valence-corrected chi connectivity index (χ0v) is 19.4. The molecule has 0 fully saturated rings. The average Bonchev–Trinajstić information content (AvgIpc) is 2.71. The van der Waals surface area contributed by atoms with E-state index >= 15 is 0 Å². The van der Waals surface area contributed by atoms with Crippen LogP contribution in [0, 0.1) is 11.3 Å². The predicted molar refractivity (Wildman–Crippen MR) is 129 cm³/mol. The van der Waals surface area contributed by atoms with Crippen LogP contribution < -0.4 is 10.6 Å². The molecule has 30 heavy (non-hydrogen) atoms. The summed E-state index contributed by atoms with van der Waals surface area (Å²) in [5, 5.41) is 13.7. The predicted octanol–water partition coefficient (Wildman–Crippen LogP) is 4.70. The van der Waals surface area contributed by atoms with Crippen LogP contribution in [-0.2, 0) is 17.8 Å². The number of nitrogens with zero attached hydrogens (tertiary/aromatic N) is 1. The zero-order valence-electron chi connectivity index (χ0n) is 19.4. The first-order valence-electron chi connectivity index (χ1n) is 11.1. The number of amides is 1. The Morgan fingerprint density at radius 3 is 2.37 bits per heavy atom. The van der Waals surface area contributed by atoms with Crippen molar-refractivity contribution in [3.63, 3.8) is 0 Å². The molecule has 2 atom stereocenters. The Morgan fingerprint density at radius 2 is 1.83 bits per heavy atom. The molecule has 3 N–H and O–H groups in total. The van der Waals surface area contributed by atoms with Gasteiger partial charge in [-0.05, 0) is 55.9 Å². The van der Waals surface area contributed by atoms with Crippen LogP contribution in [-0.4, -0.2) is 36.5 Å². The topological polar surface area (TPSA) is 77.3 Å². The van der Waals surface area contributed by atoms with Crippen molar-refractivity contribution in [2.24, 2.45) is 10.9 Å². The number of carbonyl (C=O) groups excluding carboxylic acids is 1. The Hall–Kier alpha value is -2.27. The van der Waals surface area contributed by atoms with Gasteiger partial charge in [-0.2, -0.15) is 0 Å². The maximum Gasteiger partial charge on any atom is 0.244 e. The van der Waals surface area contributed by atoms with Crippen molar-refractivity contribution in [2.45, 2.75) is 78.9 Å². The molecule has 0 spiro atoms. The molecule has 1 aromatic rings. The third kappa shape index (κ3) is 9.97. The van der Waals surface area contributed by atoms with Gasteiger partial charge >= 0.3 is 0 Å². The Labute approximate surface area is 183 Å². The molecule has 0 radical (unpaired) electrons. The average molecular weight is 413 g/mol. The summed E-state index contributed by atoms with van der Waals surface area (Å²) in [6.07, 6.45) is 5.14. The zero-order chi connectivity index (χ0) is 22.5. The van der Waals surface area contributed by atoms with Gasteiger partial charge in [0.1, 0.15) is 6.04 Å². The van der Waals surface area contributed by atoms with Gasteiger partial charge in [0.05, 0.1) is 0 Å². The number of rotatable bonds is 14. The van der Waals surface area contributed by atoms with Crippen LogP contribution in [0.3, 0.4) is 0 Å². The van der Waals surface area contributed by atoms with E-state index < -0.39 is 6.04 Å². The highest BCUT2D eigenvalue weighted by Crippen LogP contribution is 2.16. The summed E-state index contributed by atoms with van der Waals surface area (Å²) in [6.45, 7) is 15.7. The molecule has 166 valence electrons. The quantitative estimate of drug-likeness (QED) is 0.387. The largest absolute Gasteiger partial charge is 0.350 e. The molecular weight excluding hydrogens is 372 g/mol. The molecule has 0 aliphatic heterocycles. The van der Waals surface area contributed by atoms with Crippen LogP contribution in [0.4, 0.5) is 0 Å². The second-order valence-electron chi connectivity index (χ2n) is 8.35. The summed E-state index contributed by atoms with van der Waals surface area (Å²) in [7, 11) is 0. The lowest BCUT2D eigenvalue weighted by Gasteiger charge is -2.17. The maximum absolute atomic E-state index is 12.4. The lowest BCUT2D eigenvalue weighted by Crippen LogP contribution is -2.32. The van der Waals surface area contributed by atoms with E-state index in [9.17, 15) is 4.79 Å². The van der Waals surface area contributed by atoms with Crippen LogP contribution in [0.25, 0.3) is 0 Å². The summed E-state index contributed by atoms with van der Waals surface area (Å²) >= 11 is 0. The van der Waals surface area contributed by atoms with Crippen LogP contribution >= 0.6 is 0 Å². The minimum atomic E-state index is -0.499. The highest BCUT2D eigenvalue weighted by molar-refractivity contribution is 6.06. The van der Waals surface area contributed by atoms with Crippen LogP contribution in [0.15, 0.2) is 41.4 Å². The van der Waals surface area contributed by atoms with Gasteiger partial charge in [-0.15, -0.1) is 0 Å². The molecule has 0 bridgehead atoms. The number of allylic oxidation sites excluding steroid dienone is 1. The number of aliphatic imine (C=N–C) groups is 1. The highest BCUT2D eigenvalue weighted by atomic mass is 16.2. The van der Waals surface area contributed by atoms with Gasteiger partial charge in [-0.25, -0.2) is 0 Å². The van der Waals surface area contributed by atoms with E-state index in [0.29, 0.717) is 30.6 Å². The molecule has 2 unspecified atom stereocenters. The maximum atomic E-state index is 12.4. The SMILES string of the molecule is C=C(C)C(CC=N)=NC(C)C(=O)NCc1ccc(CC(CC)CCNC(C)C)cc1. The molecule has 1 rings (SSSR count). The first-order chi connectivity index (χ1) is 14.3. The van der Waals surface area contributed by atoms with E-state index in [2.05, 4.69) is 67.2 Å². The monoisotopic (exact) mass is 412 g/mol. The molecule has 0 aliphatic rings. The standard InChI is InChI=1S/C25H40N4O/c1-7-21(13-15-27-19(4)5)16-22-8-10-23(11-9-22)17-28-25(30)20(6)29-24(12-14-26)18(2)3/h8-11,14,19-21,26-27H,2,7,12-13,15-17H2,1,3-6H3,(H,28,30). The van der Waals surface area contributed by atoms with Gasteiger partial charge < -0.3 is 16.0 Å². The third-order valence-electron chi connectivity index (χ3n) is 5.21. The van der Waals surface area contributed by atoms with Gasteiger partial charge in [0.15, 0.2) is 0 Å². The minimum Gasteiger partial charge on any atom is -0.350 e. The summed E-state index contributed by atoms with van der Waals surface area (Å²) in [5.41, 5.74) is 3.92. The molecule has 5 nitrogen and oxygen atoms in total. The van der Waals surface area contributed by atoms with Crippen molar-refractivity contribution in [3.8, 4) is 0 Å². The first-order valence-corrected chi connectivity index (χ1v) is 11.1. The normalized spacial score (nSPS) is 13.7. The number of nitrogens with one attached hydrogen (secondary N) is 3. The fraction of sp³-hybridized carbons (Fsp3) is 0.560. The molecule has 5 heteroatoms. The van der Waals surface area contributed by atoms with E-state index in [-0.39, 0.29) is 5.91 Å². The second kappa shape index (κ2) is 13.9. The molecule has 0 saturated heterocycles. The van der Waals surface area contributed by atoms with E-state index in [4.69, 9.17) is 5.41 Å². The Kier molecular flexibility index (Phi) is 11.9. The van der Waals surface area contributed by atoms with Gasteiger partial charge in [0, 0.05) is 30.9 Å². The lowest BCUT2D eigenvalue weighted by atomic mass is 9.93. The number of carbonyl (C=O) groups is 1. The number of hydrogen-bond acceptors (Lipinski definition) is 4. The first kappa shape index (κ1) is 25.8. The smallest absolute Gasteiger partial charge is 0.244 e. The van der Waals surface area contributed by atoms with E-state index in [0.717, 1.165) is 24.1 Å². The molecule has 0 aliphatic carbocycles. The molecule has 0 aromatic heterocycles. The molecule has 1 amide bonds. The van der Waals surface area contributed by atoms with Crippen molar-refractivity contribution < 1.29 is 4.79 Å². The third-order valence-corrected chi connectivity index (χ3v) is 5.21. The highest BCUT2D eigenvalue weighted by Gasteiger charge is 2.13. The lowest BCUT2D eigenvalue weighted by molar-refractivity contribution is -0.122. The van der Waals surface area contributed by atoms with Crippen molar-refractivity contribution >= 4 is 17.8 Å². The number of hydrogen-bond donors (Lipinski definition) is 3. The second-order valence-corrected chi connectivity index (χ2v) is 8.35. The summed E-state index contributed by atoms with van der Waals surface area (Å²) in [6, 6.07) is 8.57. The summed E-state index contributed by atoms with van der Waals surface area (Å²) in [4.78, 5) is 16.8. The summed E-state index contributed by atoms with van der Waals surface area (Å²) in [5.74, 6) is 0.565. The van der Waals surface area contributed by atoms with Crippen molar-refractivity contribution in [1.82, 2.24) is 10.6 Å². The van der Waals surface area contributed by atoms with Gasteiger partial charge in [0.25, 0.3) is 0 Å². The fourth-order valence-corrected chi connectivity index (χ4v) is 3.22. The van der Waals surface area contributed by atoms with Crippen molar-refractivity contribution in [3.05, 3.63) is 47.5 Å². The van der Waals surface area contributed by atoms with Crippen LogP contribution in [0.2, 0.25) is 0 Å².